The number of hydrogen-bond acceptors (Lipinski definition) is 6. The molecule has 0 amide bonds. The number of aromatic amines is 1. The summed E-state index contributed by atoms with van der Waals surface area (Å²) in [6, 6.07) is 12.1. The van der Waals surface area contributed by atoms with Gasteiger partial charge in [0.1, 0.15) is 0 Å². The normalized spacial score (nSPS) is 13.8. The zero-order valence-corrected chi connectivity index (χ0v) is 24.3. The lowest BCUT2D eigenvalue weighted by atomic mass is 10.0. The van der Waals surface area contributed by atoms with Crippen LogP contribution in [0.1, 0.15) is 28.7 Å². The van der Waals surface area contributed by atoms with Crippen molar-refractivity contribution in [3.05, 3.63) is 69.0 Å². The summed E-state index contributed by atoms with van der Waals surface area (Å²) >= 11 is 5.85. The summed E-state index contributed by atoms with van der Waals surface area (Å²) in [4.78, 5) is 20.7. The zero-order valence-electron chi connectivity index (χ0n) is 23.5. The second kappa shape index (κ2) is 13.8. The topological polar surface area (TPSA) is 79.1 Å². The summed E-state index contributed by atoms with van der Waals surface area (Å²) in [6.45, 7) is 10.4. The number of morpholine rings is 1. The Balaban J connectivity index is 1.45. The Morgan fingerprint density at radius 2 is 1.87 bits per heavy atom. The van der Waals surface area contributed by atoms with Crippen LogP contribution in [0.5, 0.6) is 11.5 Å². The van der Waals surface area contributed by atoms with E-state index in [1.165, 1.54) is 0 Å². The fourth-order valence-electron chi connectivity index (χ4n) is 5.06. The number of fused-ring (bicyclic) bond motifs is 1. The van der Waals surface area contributed by atoms with Crippen molar-refractivity contribution in [2.45, 2.75) is 33.2 Å². The summed E-state index contributed by atoms with van der Waals surface area (Å²) in [6.07, 6.45) is 1.72. The van der Waals surface area contributed by atoms with Crippen molar-refractivity contribution >= 4 is 28.2 Å². The Morgan fingerprint density at radius 1 is 1.10 bits per heavy atom. The smallest absolute Gasteiger partial charge is 0.253 e. The molecule has 1 aromatic heterocycles. The van der Waals surface area contributed by atoms with Crippen LogP contribution in [0.25, 0.3) is 10.9 Å². The monoisotopic (exact) mass is 552 g/mol. The first kappa shape index (κ1) is 28.9. The number of nitrogens with one attached hydrogen (secondary N) is 2. The molecule has 210 valence electrons. The van der Waals surface area contributed by atoms with Gasteiger partial charge < -0.3 is 29.4 Å². The first-order chi connectivity index (χ1) is 18.9. The van der Waals surface area contributed by atoms with Crippen molar-refractivity contribution in [1.29, 1.82) is 0 Å². The predicted molar refractivity (Wildman–Crippen MR) is 160 cm³/mol. The first-order valence-corrected chi connectivity index (χ1v) is 14.0. The van der Waals surface area contributed by atoms with Crippen LogP contribution in [0, 0.1) is 13.8 Å². The van der Waals surface area contributed by atoms with Crippen LogP contribution in [0.2, 0.25) is 0 Å². The molecule has 1 aliphatic heterocycles. The highest BCUT2D eigenvalue weighted by Crippen LogP contribution is 2.27. The lowest BCUT2D eigenvalue weighted by Gasteiger charge is -2.29. The van der Waals surface area contributed by atoms with E-state index >= 15 is 0 Å². The molecule has 0 aliphatic carbocycles. The number of nitrogens with zero attached hydrogens (tertiary/aromatic N) is 2. The molecule has 0 atom stereocenters. The zero-order chi connectivity index (χ0) is 27.8. The van der Waals surface area contributed by atoms with Crippen LogP contribution in [-0.4, -0.2) is 80.1 Å². The van der Waals surface area contributed by atoms with E-state index in [1.54, 1.807) is 14.2 Å². The van der Waals surface area contributed by atoms with E-state index in [2.05, 4.69) is 33.1 Å². The minimum absolute atomic E-state index is 0.0705. The van der Waals surface area contributed by atoms with Crippen LogP contribution < -0.4 is 20.3 Å². The number of aryl methyl sites for hydroxylation is 2. The second-order valence-electron chi connectivity index (χ2n) is 10.1. The van der Waals surface area contributed by atoms with Gasteiger partial charge in [-0.05, 0) is 79.9 Å². The Hall–Kier alpha value is -3.14. The molecular formula is C30H40N4O4S. The van der Waals surface area contributed by atoms with E-state index in [-0.39, 0.29) is 5.56 Å². The van der Waals surface area contributed by atoms with E-state index < -0.39 is 0 Å². The van der Waals surface area contributed by atoms with Crippen molar-refractivity contribution in [3.63, 3.8) is 0 Å². The van der Waals surface area contributed by atoms with Crippen molar-refractivity contribution in [3.8, 4) is 11.5 Å². The highest BCUT2D eigenvalue weighted by atomic mass is 32.1. The van der Waals surface area contributed by atoms with E-state index in [9.17, 15) is 4.79 Å². The Bertz CT molecular complexity index is 1340. The number of pyridine rings is 1. The average Bonchev–Trinajstić information content (AvgIpc) is 2.93. The molecule has 2 aromatic carbocycles. The van der Waals surface area contributed by atoms with Crippen molar-refractivity contribution in [1.82, 2.24) is 20.1 Å². The van der Waals surface area contributed by atoms with Gasteiger partial charge in [-0.15, -0.1) is 0 Å². The van der Waals surface area contributed by atoms with Crippen molar-refractivity contribution < 1.29 is 14.2 Å². The Labute approximate surface area is 236 Å². The minimum Gasteiger partial charge on any atom is -0.493 e. The van der Waals surface area contributed by atoms with Crippen LogP contribution in [0.4, 0.5) is 0 Å². The fourth-order valence-corrected chi connectivity index (χ4v) is 5.32. The van der Waals surface area contributed by atoms with Crippen LogP contribution in [0.3, 0.4) is 0 Å². The Morgan fingerprint density at radius 3 is 2.62 bits per heavy atom. The first-order valence-electron chi connectivity index (χ1n) is 13.5. The molecule has 2 N–H and O–H groups in total. The Kier molecular flexibility index (Phi) is 10.2. The molecule has 0 bridgehead atoms. The third kappa shape index (κ3) is 7.71. The third-order valence-corrected chi connectivity index (χ3v) is 7.58. The summed E-state index contributed by atoms with van der Waals surface area (Å²) in [7, 11) is 3.27. The van der Waals surface area contributed by atoms with Gasteiger partial charge in [0.15, 0.2) is 16.6 Å². The highest BCUT2D eigenvalue weighted by Gasteiger charge is 2.16. The van der Waals surface area contributed by atoms with Gasteiger partial charge in [-0.3, -0.25) is 9.69 Å². The number of hydrogen-bond donors (Lipinski definition) is 2. The van der Waals surface area contributed by atoms with Gasteiger partial charge >= 0.3 is 0 Å². The largest absolute Gasteiger partial charge is 0.493 e. The third-order valence-electron chi connectivity index (χ3n) is 7.18. The maximum absolute atomic E-state index is 13.1. The average molecular weight is 553 g/mol. The van der Waals surface area contributed by atoms with Crippen LogP contribution >= 0.6 is 12.2 Å². The van der Waals surface area contributed by atoms with Crippen LogP contribution in [-0.2, 0) is 17.7 Å². The second-order valence-corrected chi connectivity index (χ2v) is 10.5. The van der Waals surface area contributed by atoms with E-state index in [0.717, 1.165) is 79.8 Å². The molecule has 0 spiro atoms. The number of methoxy groups -OCH3 is 2. The van der Waals surface area contributed by atoms with Gasteiger partial charge in [0.05, 0.1) is 34.0 Å². The molecule has 2 heterocycles. The summed E-state index contributed by atoms with van der Waals surface area (Å²) < 4.78 is 16.3. The molecular weight excluding hydrogens is 512 g/mol. The predicted octanol–water partition coefficient (Wildman–Crippen LogP) is 3.80. The van der Waals surface area contributed by atoms with Crippen molar-refractivity contribution in [2.75, 3.05) is 60.2 Å². The minimum atomic E-state index is -0.0705. The summed E-state index contributed by atoms with van der Waals surface area (Å²) in [5, 5.41) is 5.14. The summed E-state index contributed by atoms with van der Waals surface area (Å²) in [5.41, 5.74) is 4.92. The fraction of sp³-hybridized carbons (Fsp3) is 0.467. The number of thiocarbonyl (C=S) groups is 1. The quantitative estimate of drug-likeness (QED) is 0.348. The molecule has 39 heavy (non-hydrogen) atoms. The maximum atomic E-state index is 13.1. The SMILES string of the molecule is COc1ccc(CCNC(=S)N(CCCN2CCOCC2)Cc2cc3c(C)cc(C)cc3[nH]c2=O)cc1OC. The number of rotatable bonds is 11. The number of benzene rings is 2. The van der Waals surface area contributed by atoms with Gasteiger partial charge in [-0.1, -0.05) is 12.1 Å². The maximum Gasteiger partial charge on any atom is 0.253 e. The molecule has 1 fully saturated rings. The molecule has 1 aliphatic rings. The molecule has 0 radical (unpaired) electrons. The van der Waals surface area contributed by atoms with Gasteiger partial charge in [0.2, 0.25) is 0 Å². The van der Waals surface area contributed by atoms with Gasteiger partial charge in [0.25, 0.3) is 5.56 Å². The highest BCUT2D eigenvalue weighted by molar-refractivity contribution is 7.80. The molecule has 0 saturated carbocycles. The molecule has 3 aromatic rings. The molecule has 4 rings (SSSR count). The van der Waals surface area contributed by atoms with E-state index in [1.807, 2.05) is 37.3 Å². The number of ether oxygens (including phenoxy) is 3. The van der Waals surface area contributed by atoms with E-state index in [4.69, 9.17) is 26.4 Å². The molecule has 0 unspecified atom stereocenters. The lowest BCUT2D eigenvalue weighted by Crippen LogP contribution is -2.43. The number of H-pyrrole nitrogens is 1. The summed E-state index contributed by atoms with van der Waals surface area (Å²) in [5.74, 6) is 1.42. The van der Waals surface area contributed by atoms with Gasteiger partial charge in [0, 0.05) is 49.2 Å². The van der Waals surface area contributed by atoms with Crippen molar-refractivity contribution in [2.24, 2.45) is 0 Å². The molecule has 1 saturated heterocycles. The van der Waals surface area contributed by atoms with Crippen LogP contribution in [0.15, 0.2) is 41.2 Å². The number of aromatic nitrogens is 1. The molecule has 8 nitrogen and oxygen atoms in total. The standard InChI is InChI=1S/C30H40N4O4S/c1-21-16-22(2)25-19-24(29(35)32-26(25)17-21)20-34(11-5-10-33-12-14-38-15-13-33)30(39)31-9-8-23-6-7-27(36-3)28(18-23)37-4/h6-7,16-19H,5,8-15,20H2,1-4H3,(H,31,39)(H,32,35). The van der Waals surface area contributed by atoms with Gasteiger partial charge in [-0.25, -0.2) is 0 Å². The van der Waals surface area contributed by atoms with Gasteiger partial charge in [-0.2, -0.15) is 0 Å². The van der Waals surface area contributed by atoms with E-state index in [0.29, 0.717) is 35.3 Å². The molecule has 9 heteroatoms. The lowest BCUT2D eigenvalue weighted by molar-refractivity contribution is 0.0367.